The molecular formula is C14H15BrN4O2. The Kier molecular flexibility index (Phi) is 3.71. The number of para-hydroxylation sites is 1. The lowest BCUT2D eigenvalue weighted by Crippen LogP contribution is -2.30. The summed E-state index contributed by atoms with van der Waals surface area (Å²) in [6.07, 6.45) is 1.65. The van der Waals surface area contributed by atoms with Crippen molar-refractivity contribution in [1.82, 2.24) is 15.2 Å². The molecule has 0 fully saturated rings. The highest BCUT2D eigenvalue weighted by Gasteiger charge is 2.25. The van der Waals surface area contributed by atoms with Crippen molar-refractivity contribution in [3.63, 3.8) is 0 Å². The second-order valence-electron chi connectivity index (χ2n) is 4.63. The minimum absolute atomic E-state index is 0.355. The second kappa shape index (κ2) is 5.51. The first kappa shape index (κ1) is 14.1. The molecular weight excluding hydrogens is 336 g/mol. The Bertz CT molecular complexity index is 780. The monoisotopic (exact) mass is 350 g/mol. The number of fused-ring (bicyclic) bond motifs is 1. The van der Waals surface area contributed by atoms with E-state index < -0.39 is 0 Å². The van der Waals surface area contributed by atoms with Crippen LogP contribution in [0.25, 0.3) is 11.0 Å². The fraction of sp³-hybridized carbons (Fsp3) is 0.214. The molecule has 3 rings (SSSR count). The van der Waals surface area contributed by atoms with Gasteiger partial charge >= 0.3 is 0 Å². The smallest absolute Gasteiger partial charge is 0.162 e. The molecule has 1 unspecified atom stereocenters. The molecule has 3 N–H and O–H groups in total. The Balaban J connectivity index is 2.14. The van der Waals surface area contributed by atoms with Crippen molar-refractivity contribution >= 4 is 26.9 Å². The molecule has 0 aliphatic rings. The third-order valence-corrected chi connectivity index (χ3v) is 4.03. The van der Waals surface area contributed by atoms with E-state index in [1.807, 2.05) is 31.3 Å². The average molecular weight is 351 g/mol. The van der Waals surface area contributed by atoms with E-state index in [4.69, 9.17) is 15.0 Å². The van der Waals surface area contributed by atoms with Crippen molar-refractivity contribution in [3.05, 3.63) is 46.4 Å². The molecule has 0 aliphatic carbocycles. The van der Waals surface area contributed by atoms with Gasteiger partial charge in [-0.1, -0.05) is 12.1 Å². The van der Waals surface area contributed by atoms with Gasteiger partial charge < -0.3 is 9.15 Å². The van der Waals surface area contributed by atoms with E-state index in [-0.39, 0.29) is 6.04 Å². The number of hydrogen-bond donors (Lipinski definition) is 2. The van der Waals surface area contributed by atoms with Crippen LogP contribution in [0.3, 0.4) is 0 Å². The number of hydrogen-bond acceptors (Lipinski definition) is 5. The van der Waals surface area contributed by atoms with Gasteiger partial charge in [-0.25, -0.2) is 5.43 Å². The molecule has 2 heterocycles. The van der Waals surface area contributed by atoms with E-state index in [1.54, 1.807) is 18.0 Å². The van der Waals surface area contributed by atoms with Crippen LogP contribution in [0.4, 0.5) is 0 Å². The molecule has 0 radical (unpaired) electrons. The van der Waals surface area contributed by atoms with Gasteiger partial charge in [0.25, 0.3) is 0 Å². The predicted molar refractivity (Wildman–Crippen MR) is 82.8 cm³/mol. The summed E-state index contributed by atoms with van der Waals surface area (Å²) in [5.74, 6) is 7.08. The van der Waals surface area contributed by atoms with Crippen LogP contribution in [0.15, 0.2) is 39.4 Å². The minimum Gasteiger partial charge on any atom is -0.493 e. The lowest BCUT2D eigenvalue weighted by molar-refractivity contribution is 0.391. The van der Waals surface area contributed by atoms with Crippen LogP contribution in [0.2, 0.25) is 0 Å². The number of hydrazine groups is 1. The van der Waals surface area contributed by atoms with Gasteiger partial charge in [0.15, 0.2) is 5.75 Å². The zero-order chi connectivity index (χ0) is 15.0. The number of aromatic nitrogens is 2. The van der Waals surface area contributed by atoms with Crippen LogP contribution in [-0.2, 0) is 7.05 Å². The van der Waals surface area contributed by atoms with Gasteiger partial charge in [0.1, 0.15) is 23.1 Å². The summed E-state index contributed by atoms with van der Waals surface area (Å²) in [5.41, 5.74) is 4.35. The van der Waals surface area contributed by atoms with Gasteiger partial charge in [0.05, 0.1) is 17.8 Å². The molecule has 0 aliphatic heterocycles. The van der Waals surface area contributed by atoms with E-state index in [2.05, 4.69) is 26.5 Å². The molecule has 110 valence electrons. The molecule has 1 atom stereocenters. The molecule has 6 nitrogen and oxygen atoms in total. The minimum atomic E-state index is -0.355. The van der Waals surface area contributed by atoms with Gasteiger partial charge in [0, 0.05) is 12.4 Å². The first-order chi connectivity index (χ1) is 10.2. The van der Waals surface area contributed by atoms with Crippen LogP contribution in [0.1, 0.15) is 17.5 Å². The molecule has 0 saturated carbocycles. The third kappa shape index (κ3) is 2.33. The molecule has 1 aromatic carbocycles. The van der Waals surface area contributed by atoms with Crippen molar-refractivity contribution in [1.29, 1.82) is 0 Å². The standard InChI is InChI=1S/C14H15BrN4O2/c1-19-13(11(20-2)7-17-19)12(18-16)10-6-8-4-3-5-9(15)14(8)21-10/h3-7,12,18H,16H2,1-2H3. The quantitative estimate of drug-likeness (QED) is 0.558. The average Bonchev–Trinajstić information content (AvgIpc) is 3.06. The van der Waals surface area contributed by atoms with E-state index in [1.165, 1.54) is 0 Å². The first-order valence-corrected chi connectivity index (χ1v) is 7.15. The number of rotatable bonds is 4. The fourth-order valence-electron chi connectivity index (χ4n) is 2.40. The number of ether oxygens (including phenoxy) is 1. The van der Waals surface area contributed by atoms with Crippen LogP contribution < -0.4 is 16.0 Å². The van der Waals surface area contributed by atoms with Crippen molar-refractivity contribution < 1.29 is 9.15 Å². The van der Waals surface area contributed by atoms with Gasteiger partial charge in [-0.15, -0.1) is 0 Å². The maximum atomic E-state index is 5.94. The number of nitrogens with zero attached hydrogens (tertiary/aromatic N) is 2. The Hall–Kier alpha value is -1.83. The van der Waals surface area contributed by atoms with E-state index in [9.17, 15) is 0 Å². The summed E-state index contributed by atoms with van der Waals surface area (Å²) in [5, 5.41) is 5.20. The first-order valence-electron chi connectivity index (χ1n) is 6.35. The highest BCUT2D eigenvalue weighted by Crippen LogP contribution is 2.34. The van der Waals surface area contributed by atoms with E-state index in [0.717, 1.165) is 21.1 Å². The molecule has 3 aromatic rings. The normalized spacial score (nSPS) is 12.8. The molecule has 0 amide bonds. The van der Waals surface area contributed by atoms with Crippen molar-refractivity contribution in [2.75, 3.05) is 7.11 Å². The number of benzene rings is 1. The van der Waals surface area contributed by atoms with Crippen LogP contribution >= 0.6 is 15.9 Å². The van der Waals surface area contributed by atoms with E-state index in [0.29, 0.717) is 11.5 Å². The summed E-state index contributed by atoms with van der Waals surface area (Å²) in [4.78, 5) is 0. The Morgan fingerprint density at radius 1 is 1.48 bits per heavy atom. The molecule has 0 saturated heterocycles. The predicted octanol–water partition coefficient (Wildman–Crippen LogP) is 2.49. The topological polar surface area (TPSA) is 78.2 Å². The molecule has 0 spiro atoms. The lowest BCUT2D eigenvalue weighted by Gasteiger charge is -2.15. The summed E-state index contributed by atoms with van der Waals surface area (Å²) in [7, 11) is 3.43. The summed E-state index contributed by atoms with van der Waals surface area (Å²) in [6, 6.07) is 7.48. The van der Waals surface area contributed by atoms with Crippen LogP contribution in [0, 0.1) is 0 Å². The molecule has 7 heteroatoms. The van der Waals surface area contributed by atoms with Crippen LogP contribution in [0.5, 0.6) is 5.75 Å². The number of aryl methyl sites for hydroxylation is 1. The number of methoxy groups -OCH3 is 1. The molecule has 21 heavy (non-hydrogen) atoms. The Labute approximate surface area is 130 Å². The number of furan rings is 1. The van der Waals surface area contributed by atoms with Gasteiger partial charge in [-0.05, 0) is 28.1 Å². The maximum Gasteiger partial charge on any atom is 0.162 e. The van der Waals surface area contributed by atoms with Gasteiger partial charge in [-0.2, -0.15) is 5.10 Å². The summed E-state index contributed by atoms with van der Waals surface area (Å²) >= 11 is 3.48. The van der Waals surface area contributed by atoms with Crippen LogP contribution in [-0.4, -0.2) is 16.9 Å². The largest absolute Gasteiger partial charge is 0.493 e. The van der Waals surface area contributed by atoms with Crippen molar-refractivity contribution in [2.45, 2.75) is 6.04 Å². The van der Waals surface area contributed by atoms with Crippen molar-refractivity contribution in [2.24, 2.45) is 12.9 Å². The Morgan fingerprint density at radius 3 is 2.95 bits per heavy atom. The summed E-state index contributed by atoms with van der Waals surface area (Å²) in [6.45, 7) is 0. The highest BCUT2D eigenvalue weighted by atomic mass is 79.9. The molecule has 2 aromatic heterocycles. The highest BCUT2D eigenvalue weighted by molar-refractivity contribution is 9.10. The van der Waals surface area contributed by atoms with Crippen molar-refractivity contribution in [3.8, 4) is 5.75 Å². The number of nitrogens with one attached hydrogen (secondary N) is 1. The summed E-state index contributed by atoms with van der Waals surface area (Å²) < 4.78 is 13.9. The zero-order valence-electron chi connectivity index (χ0n) is 11.6. The zero-order valence-corrected chi connectivity index (χ0v) is 13.2. The fourth-order valence-corrected chi connectivity index (χ4v) is 2.86. The third-order valence-electron chi connectivity index (χ3n) is 3.41. The number of nitrogens with two attached hydrogens (primary N) is 1. The van der Waals surface area contributed by atoms with Gasteiger partial charge in [0.2, 0.25) is 0 Å². The van der Waals surface area contributed by atoms with Gasteiger partial charge in [-0.3, -0.25) is 10.5 Å². The molecule has 0 bridgehead atoms. The van der Waals surface area contributed by atoms with E-state index >= 15 is 0 Å². The Morgan fingerprint density at radius 2 is 2.29 bits per heavy atom. The SMILES string of the molecule is COc1cnn(C)c1C(NN)c1cc2cccc(Br)c2o1. The number of halogens is 1. The lowest BCUT2D eigenvalue weighted by atomic mass is 10.1. The second-order valence-corrected chi connectivity index (χ2v) is 5.48. The maximum absolute atomic E-state index is 5.94.